The molecule has 0 aliphatic rings. The van der Waals surface area contributed by atoms with Crippen LogP contribution in [0.2, 0.25) is 5.02 Å². The van der Waals surface area contributed by atoms with E-state index in [4.69, 9.17) is 21.1 Å². The van der Waals surface area contributed by atoms with Gasteiger partial charge in [0.05, 0.1) is 12.7 Å². The van der Waals surface area contributed by atoms with E-state index in [1.54, 1.807) is 6.92 Å². The summed E-state index contributed by atoms with van der Waals surface area (Å²) < 4.78 is 11.6. The van der Waals surface area contributed by atoms with Crippen LogP contribution in [0.25, 0.3) is 0 Å². The first-order valence-electron chi connectivity index (χ1n) is 8.11. The Hall–Kier alpha value is -1.75. The number of rotatable bonds is 9. The molecule has 1 atom stereocenters. The molecule has 2 aromatic carbocycles. The Balaban J connectivity index is 2.04. The zero-order chi connectivity index (χ0) is 17.4. The zero-order valence-corrected chi connectivity index (χ0v) is 14.8. The third kappa shape index (κ3) is 5.71. The first-order chi connectivity index (χ1) is 11.6. The Morgan fingerprint density at radius 2 is 1.92 bits per heavy atom. The lowest BCUT2D eigenvalue weighted by Crippen LogP contribution is -2.23. The molecule has 0 aliphatic carbocycles. The Morgan fingerprint density at radius 3 is 2.62 bits per heavy atom. The monoisotopic (exact) mass is 349 g/mol. The summed E-state index contributed by atoms with van der Waals surface area (Å²) in [6.45, 7) is 5.86. The topological polar surface area (TPSA) is 50.7 Å². The molecule has 2 aromatic rings. The van der Waals surface area contributed by atoms with Gasteiger partial charge in [-0.05, 0) is 37.6 Å². The molecule has 2 N–H and O–H groups in total. The molecule has 0 saturated heterocycles. The van der Waals surface area contributed by atoms with Crippen LogP contribution in [0.4, 0.5) is 0 Å². The number of hydrogen-bond acceptors (Lipinski definition) is 4. The summed E-state index contributed by atoms with van der Waals surface area (Å²) in [6, 6.07) is 13.5. The van der Waals surface area contributed by atoms with Gasteiger partial charge in [0, 0.05) is 23.7 Å². The average molecular weight is 350 g/mol. The predicted molar refractivity (Wildman–Crippen MR) is 96.8 cm³/mol. The summed E-state index contributed by atoms with van der Waals surface area (Å²) in [7, 11) is 0. The van der Waals surface area contributed by atoms with Gasteiger partial charge in [0.2, 0.25) is 0 Å². The van der Waals surface area contributed by atoms with Crippen molar-refractivity contribution < 1.29 is 14.6 Å². The molecule has 0 spiro atoms. The molecule has 4 nitrogen and oxygen atoms in total. The van der Waals surface area contributed by atoms with Crippen molar-refractivity contribution >= 4 is 11.6 Å². The summed E-state index contributed by atoms with van der Waals surface area (Å²) >= 11 is 6.16. The van der Waals surface area contributed by atoms with Crippen molar-refractivity contribution in [2.75, 3.05) is 13.2 Å². The molecule has 0 aliphatic heterocycles. The van der Waals surface area contributed by atoms with E-state index in [0.29, 0.717) is 42.8 Å². The standard InChI is InChI=1S/C19H24ClNO3/c1-3-23-19-10-15(12-21-11-14(2)22)8-9-18(19)24-13-16-6-4-5-7-17(16)20/h4-10,14,21-22H,3,11-13H2,1-2H3/t14-/m0/s1. The Labute approximate surface area is 148 Å². The minimum absolute atomic E-state index is 0.366. The van der Waals surface area contributed by atoms with E-state index < -0.39 is 0 Å². The second-order valence-electron chi connectivity index (χ2n) is 5.57. The van der Waals surface area contributed by atoms with Crippen LogP contribution in [0, 0.1) is 0 Å². The normalized spacial score (nSPS) is 12.0. The van der Waals surface area contributed by atoms with E-state index in [2.05, 4.69) is 5.32 Å². The van der Waals surface area contributed by atoms with E-state index in [0.717, 1.165) is 11.1 Å². The van der Waals surface area contributed by atoms with Gasteiger partial charge in [-0.25, -0.2) is 0 Å². The molecular formula is C19H24ClNO3. The maximum Gasteiger partial charge on any atom is 0.161 e. The van der Waals surface area contributed by atoms with E-state index >= 15 is 0 Å². The third-order valence-electron chi connectivity index (χ3n) is 3.42. The van der Waals surface area contributed by atoms with Crippen molar-refractivity contribution in [3.05, 3.63) is 58.6 Å². The number of ether oxygens (including phenoxy) is 2. The molecule has 0 aromatic heterocycles. The highest BCUT2D eigenvalue weighted by atomic mass is 35.5. The van der Waals surface area contributed by atoms with Crippen LogP contribution in [-0.2, 0) is 13.2 Å². The van der Waals surface area contributed by atoms with Crippen LogP contribution in [0.15, 0.2) is 42.5 Å². The third-order valence-corrected chi connectivity index (χ3v) is 3.79. The fourth-order valence-electron chi connectivity index (χ4n) is 2.25. The maximum absolute atomic E-state index is 9.30. The predicted octanol–water partition coefficient (Wildman–Crippen LogP) is 3.79. The Kier molecular flexibility index (Phi) is 7.37. The van der Waals surface area contributed by atoms with Crippen molar-refractivity contribution in [2.24, 2.45) is 0 Å². The van der Waals surface area contributed by atoms with Crippen LogP contribution >= 0.6 is 11.6 Å². The quantitative estimate of drug-likeness (QED) is 0.723. The van der Waals surface area contributed by atoms with Gasteiger partial charge in [0.25, 0.3) is 0 Å². The summed E-state index contributed by atoms with van der Waals surface area (Å²) in [5.41, 5.74) is 2.01. The molecule has 0 unspecified atom stereocenters. The second-order valence-corrected chi connectivity index (χ2v) is 5.98. The van der Waals surface area contributed by atoms with Gasteiger partial charge in [-0.15, -0.1) is 0 Å². The summed E-state index contributed by atoms with van der Waals surface area (Å²) in [5, 5.41) is 13.2. The molecule has 0 amide bonds. The van der Waals surface area contributed by atoms with Crippen molar-refractivity contribution in [1.82, 2.24) is 5.32 Å². The van der Waals surface area contributed by atoms with E-state index in [9.17, 15) is 5.11 Å². The van der Waals surface area contributed by atoms with Crippen molar-refractivity contribution in [3.63, 3.8) is 0 Å². The molecule has 24 heavy (non-hydrogen) atoms. The number of nitrogens with one attached hydrogen (secondary N) is 1. The maximum atomic E-state index is 9.30. The molecule has 0 bridgehead atoms. The molecular weight excluding hydrogens is 326 g/mol. The molecule has 0 radical (unpaired) electrons. The lowest BCUT2D eigenvalue weighted by Gasteiger charge is -2.14. The first-order valence-corrected chi connectivity index (χ1v) is 8.48. The molecule has 0 heterocycles. The number of halogens is 1. The van der Waals surface area contributed by atoms with Gasteiger partial charge in [0.15, 0.2) is 11.5 Å². The number of aliphatic hydroxyl groups is 1. The lowest BCUT2D eigenvalue weighted by atomic mass is 10.2. The van der Waals surface area contributed by atoms with Gasteiger partial charge in [-0.2, -0.15) is 0 Å². The highest BCUT2D eigenvalue weighted by Crippen LogP contribution is 2.30. The first kappa shape index (κ1) is 18.6. The van der Waals surface area contributed by atoms with Crippen LogP contribution in [0.1, 0.15) is 25.0 Å². The van der Waals surface area contributed by atoms with Gasteiger partial charge in [0.1, 0.15) is 6.61 Å². The van der Waals surface area contributed by atoms with Crippen molar-refractivity contribution in [2.45, 2.75) is 33.1 Å². The van der Waals surface area contributed by atoms with Crippen molar-refractivity contribution in [3.8, 4) is 11.5 Å². The van der Waals surface area contributed by atoms with Crippen LogP contribution < -0.4 is 14.8 Å². The molecule has 5 heteroatoms. The number of benzene rings is 2. The van der Waals surface area contributed by atoms with Gasteiger partial charge >= 0.3 is 0 Å². The zero-order valence-electron chi connectivity index (χ0n) is 14.1. The Morgan fingerprint density at radius 1 is 1.12 bits per heavy atom. The van der Waals surface area contributed by atoms with Gasteiger partial charge < -0.3 is 19.9 Å². The number of hydrogen-bond donors (Lipinski definition) is 2. The number of aliphatic hydroxyl groups excluding tert-OH is 1. The minimum Gasteiger partial charge on any atom is -0.490 e. The highest BCUT2D eigenvalue weighted by Gasteiger charge is 2.08. The summed E-state index contributed by atoms with van der Waals surface area (Å²) in [5.74, 6) is 1.40. The molecule has 2 rings (SSSR count). The second kappa shape index (κ2) is 9.52. The van der Waals surface area contributed by atoms with Crippen molar-refractivity contribution in [1.29, 1.82) is 0 Å². The fraction of sp³-hybridized carbons (Fsp3) is 0.368. The van der Waals surface area contributed by atoms with Crippen LogP contribution in [0.3, 0.4) is 0 Å². The molecule has 130 valence electrons. The Bertz CT molecular complexity index is 646. The van der Waals surface area contributed by atoms with Gasteiger partial charge in [-0.1, -0.05) is 35.9 Å². The largest absolute Gasteiger partial charge is 0.490 e. The van der Waals surface area contributed by atoms with Gasteiger partial charge in [-0.3, -0.25) is 0 Å². The van der Waals surface area contributed by atoms with E-state index in [1.165, 1.54) is 0 Å². The lowest BCUT2D eigenvalue weighted by molar-refractivity contribution is 0.191. The molecule has 0 saturated carbocycles. The van der Waals surface area contributed by atoms with E-state index in [-0.39, 0.29) is 6.10 Å². The van der Waals surface area contributed by atoms with E-state index in [1.807, 2.05) is 49.4 Å². The average Bonchev–Trinajstić information content (AvgIpc) is 2.55. The summed E-state index contributed by atoms with van der Waals surface area (Å²) in [6.07, 6.45) is -0.366. The summed E-state index contributed by atoms with van der Waals surface area (Å²) in [4.78, 5) is 0. The minimum atomic E-state index is -0.366. The highest BCUT2D eigenvalue weighted by molar-refractivity contribution is 6.31. The van der Waals surface area contributed by atoms with Crippen LogP contribution in [-0.4, -0.2) is 24.4 Å². The smallest absolute Gasteiger partial charge is 0.161 e. The van der Waals surface area contributed by atoms with Crippen LogP contribution in [0.5, 0.6) is 11.5 Å². The molecule has 0 fully saturated rings. The SMILES string of the molecule is CCOc1cc(CNC[C@H](C)O)ccc1OCc1ccccc1Cl. The fourth-order valence-corrected chi connectivity index (χ4v) is 2.44.